The molecule has 1 aromatic rings. The molecule has 0 unspecified atom stereocenters. The molecule has 0 spiro atoms. The summed E-state index contributed by atoms with van der Waals surface area (Å²) in [5.74, 6) is -0.324. The van der Waals surface area contributed by atoms with Gasteiger partial charge >= 0.3 is 0 Å². The molecular formula is C10H14ClN3O3. The summed E-state index contributed by atoms with van der Waals surface area (Å²) in [5.41, 5.74) is 0.189. The van der Waals surface area contributed by atoms with Crippen LogP contribution in [0.1, 0.15) is 10.5 Å². The summed E-state index contributed by atoms with van der Waals surface area (Å²) in [7, 11) is 1.60. The molecule has 7 heteroatoms. The van der Waals surface area contributed by atoms with Crippen LogP contribution in [0.15, 0.2) is 12.4 Å². The first-order valence-corrected chi connectivity index (χ1v) is 5.44. The van der Waals surface area contributed by atoms with E-state index in [0.29, 0.717) is 26.4 Å². The van der Waals surface area contributed by atoms with Gasteiger partial charge in [-0.15, -0.1) is 0 Å². The zero-order chi connectivity index (χ0) is 12.5. The van der Waals surface area contributed by atoms with Gasteiger partial charge in [0, 0.05) is 13.7 Å². The minimum absolute atomic E-state index is 0.189. The molecule has 0 fully saturated rings. The van der Waals surface area contributed by atoms with E-state index in [1.54, 1.807) is 7.11 Å². The van der Waals surface area contributed by atoms with Crippen LogP contribution in [0.25, 0.3) is 0 Å². The third kappa shape index (κ3) is 5.58. The highest BCUT2D eigenvalue weighted by Crippen LogP contribution is 2.01. The van der Waals surface area contributed by atoms with Crippen LogP contribution in [0.4, 0.5) is 0 Å². The molecule has 94 valence electrons. The quantitative estimate of drug-likeness (QED) is 0.723. The van der Waals surface area contributed by atoms with Crippen LogP contribution in [0.5, 0.6) is 0 Å². The summed E-state index contributed by atoms with van der Waals surface area (Å²) in [6, 6.07) is 0. The molecule has 17 heavy (non-hydrogen) atoms. The number of carbonyl (C=O) groups is 1. The van der Waals surface area contributed by atoms with Gasteiger partial charge in [0.15, 0.2) is 0 Å². The van der Waals surface area contributed by atoms with Crippen molar-refractivity contribution >= 4 is 17.5 Å². The van der Waals surface area contributed by atoms with E-state index in [-0.39, 0.29) is 16.8 Å². The standard InChI is InChI=1S/C10H14ClN3O3/c1-16-4-5-17-3-2-13-10(15)8-6-12-7-9(11)14-8/h6-7H,2-5H2,1H3,(H,13,15). The fourth-order valence-corrected chi connectivity index (χ4v) is 1.17. The predicted octanol–water partition coefficient (Wildman–Crippen LogP) is 0.523. The fourth-order valence-electron chi connectivity index (χ4n) is 1.02. The normalized spacial score (nSPS) is 10.2. The Bertz CT molecular complexity index is 362. The van der Waals surface area contributed by atoms with Gasteiger partial charge in [-0.2, -0.15) is 0 Å². The van der Waals surface area contributed by atoms with Crippen LogP contribution >= 0.6 is 11.6 Å². The number of rotatable bonds is 7. The average Bonchev–Trinajstić information content (AvgIpc) is 2.33. The molecule has 1 aromatic heterocycles. The topological polar surface area (TPSA) is 73.3 Å². The van der Waals surface area contributed by atoms with Crippen molar-refractivity contribution in [1.82, 2.24) is 15.3 Å². The van der Waals surface area contributed by atoms with Gasteiger partial charge in [0.2, 0.25) is 0 Å². The van der Waals surface area contributed by atoms with E-state index in [0.717, 1.165) is 0 Å². The van der Waals surface area contributed by atoms with E-state index < -0.39 is 0 Å². The first-order chi connectivity index (χ1) is 8.24. The molecule has 0 saturated heterocycles. The molecule has 0 aromatic carbocycles. The Kier molecular flexibility index (Phi) is 6.46. The molecule has 6 nitrogen and oxygen atoms in total. The summed E-state index contributed by atoms with van der Waals surface area (Å²) in [4.78, 5) is 19.1. The number of aromatic nitrogens is 2. The monoisotopic (exact) mass is 259 g/mol. The maximum Gasteiger partial charge on any atom is 0.271 e. The minimum Gasteiger partial charge on any atom is -0.382 e. The van der Waals surface area contributed by atoms with Gasteiger partial charge in [0.1, 0.15) is 10.8 Å². The second kappa shape index (κ2) is 7.94. The number of ether oxygens (including phenoxy) is 2. The lowest BCUT2D eigenvalue weighted by molar-refractivity contribution is 0.0691. The Morgan fingerprint density at radius 3 is 2.94 bits per heavy atom. The second-order valence-corrected chi connectivity index (χ2v) is 3.48. The molecule has 1 heterocycles. The summed E-state index contributed by atoms with van der Waals surface area (Å²) in [5, 5.41) is 2.83. The third-order valence-electron chi connectivity index (χ3n) is 1.80. The Morgan fingerprint density at radius 2 is 2.24 bits per heavy atom. The summed E-state index contributed by atoms with van der Waals surface area (Å²) in [6.45, 7) is 1.86. The molecule has 0 aliphatic heterocycles. The molecule has 0 saturated carbocycles. The smallest absolute Gasteiger partial charge is 0.271 e. The first kappa shape index (κ1) is 13.8. The first-order valence-electron chi connectivity index (χ1n) is 5.06. The summed E-state index contributed by atoms with van der Waals surface area (Å²) < 4.78 is 9.99. The lowest BCUT2D eigenvalue weighted by Gasteiger charge is -2.05. The molecule has 1 N–H and O–H groups in total. The molecule has 0 atom stereocenters. The predicted molar refractivity (Wildman–Crippen MR) is 62.1 cm³/mol. The highest BCUT2D eigenvalue weighted by atomic mass is 35.5. The Hall–Kier alpha value is -1.24. The van der Waals surface area contributed by atoms with Crippen molar-refractivity contribution in [3.8, 4) is 0 Å². The number of hydrogen-bond donors (Lipinski definition) is 1. The van der Waals surface area contributed by atoms with Crippen molar-refractivity contribution in [2.24, 2.45) is 0 Å². The largest absolute Gasteiger partial charge is 0.382 e. The van der Waals surface area contributed by atoms with Crippen molar-refractivity contribution in [3.05, 3.63) is 23.2 Å². The van der Waals surface area contributed by atoms with E-state index in [4.69, 9.17) is 21.1 Å². The number of nitrogens with zero attached hydrogens (tertiary/aromatic N) is 2. The number of carbonyl (C=O) groups excluding carboxylic acids is 1. The van der Waals surface area contributed by atoms with Crippen LogP contribution < -0.4 is 5.32 Å². The molecule has 0 bridgehead atoms. The number of methoxy groups -OCH3 is 1. The van der Waals surface area contributed by atoms with Crippen LogP contribution in [-0.2, 0) is 9.47 Å². The molecular weight excluding hydrogens is 246 g/mol. The SMILES string of the molecule is COCCOCCNC(=O)c1cncc(Cl)n1. The van der Waals surface area contributed by atoms with E-state index in [1.807, 2.05) is 0 Å². The van der Waals surface area contributed by atoms with Crippen LogP contribution in [-0.4, -0.2) is 49.4 Å². The Balaban J connectivity index is 2.21. The van der Waals surface area contributed by atoms with E-state index in [2.05, 4.69) is 15.3 Å². The fraction of sp³-hybridized carbons (Fsp3) is 0.500. The van der Waals surface area contributed by atoms with Gasteiger partial charge in [-0.3, -0.25) is 9.78 Å². The zero-order valence-corrected chi connectivity index (χ0v) is 10.2. The summed E-state index contributed by atoms with van der Waals surface area (Å²) >= 11 is 5.62. The van der Waals surface area contributed by atoms with Crippen LogP contribution in [0.3, 0.4) is 0 Å². The zero-order valence-electron chi connectivity index (χ0n) is 9.48. The molecule has 0 aliphatic carbocycles. The molecule has 0 aliphatic rings. The van der Waals surface area contributed by atoms with Gasteiger partial charge in [0.25, 0.3) is 5.91 Å². The number of hydrogen-bond acceptors (Lipinski definition) is 5. The molecule has 0 radical (unpaired) electrons. The van der Waals surface area contributed by atoms with E-state index >= 15 is 0 Å². The van der Waals surface area contributed by atoms with Gasteiger partial charge in [-0.05, 0) is 0 Å². The second-order valence-electron chi connectivity index (χ2n) is 3.09. The van der Waals surface area contributed by atoms with Crippen molar-refractivity contribution in [3.63, 3.8) is 0 Å². The third-order valence-corrected chi connectivity index (χ3v) is 1.98. The van der Waals surface area contributed by atoms with E-state index in [1.165, 1.54) is 12.4 Å². The highest BCUT2D eigenvalue weighted by molar-refractivity contribution is 6.29. The van der Waals surface area contributed by atoms with Crippen molar-refractivity contribution < 1.29 is 14.3 Å². The maximum absolute atomic E-state index is 11.5. The van der Waals surface area contributed by atoms with Crippen LogP contribution in [0, 0.1) is 0 Å². The summed E-state index contributed by atoms with van der Waals surface area (Å²) in [6.07, 6.45) is 2.72. The van der Waals surface area contributed by atoms with Crippen LogP contribution in [0.2, 0.25) is 5.15 Å². The number of amides is 1. The molecule has 1 amide bonds. The van der Waals surface area contributed by atoms with Crippen molar-refractivity contribution in [1.29, 1.82) is 0 Å². The lowest BCUT2D eigenvalue weighted by Crippen LogP contribution is -2.28. The van der Waals surface area contributed by atoms with Crippen molar-refractivity contribution in [2.45, 2.75) is 0 Å². The Morgan fingerprint density at radius 1 is 1.41 bits per heavy atom. The van der Waals surface area contributed by atoms with Gasteiger partial charge < -0.3 is 14.8 Å². The van der Waals surface area contributed by atoms with Crippen molar-refractivity contribution in [2.75, 3.05) is 33.5 Å². The van der Waals surface area contributed by atoms with Gasteiger partial charge in [0.05, 0.1) is 32.2 Å². The number of halogens is 1. The van der Waals surface area contributed by atoms with E-state index in [9.17, 15) is 4.79 Å². The van der Waals surface area contributed by atoms with Gasteiger partial charge in [-0.25, -0.2) is 4.98 Å². The highest BCUT2D eigenvalue weighted by Gasteiger charge is 2.07. The number of nitrogens with one attached hydrogen (secondary N) is 1. The molecule has 1 rings (SSSR count). The lowest BCUT2D eigenvalue weighted by atomic mass is 10.4. The average molecular weight is 260 g/mol. The maximum atomic E-state index is 11.5. The minimum atomic E-state index is -0.324. The van der Waals surface area contributed by atoms with Gasteiger partial charge in [-0.1, -0.05) is 11.6 Å². The Labute approximate surface area is 104 Å².